The Hall–Kier alpha value is -1.92. The van der Waals surface area contributed by atoms with Gasteiger partial charge in [0.2, 0.25) is 5.91 Å². The molecule has 1 fully saturated rings. The van der Waals surface area contributed by atoms with Crippen LogP contribution in [-0.4, -0.2) is 27.4 Å². The molecule has 1 saturated carbocycles. The zero-order valence-corrected chi connectivity index (χ0v) is 15.5. The molecule has 1 amide bonds. The summed E-state index contributed by atoms with van der Waals surface area (Å²) in [6, 6.07) is 9.80. The number of carbonyl (C=O) groups excluding carboxylic acids is 1. The fourth-order valence-corrected chi connectivity index (χ4v) is 3.39. The van der Waals surface area contributed by atoms with E-state index in [9.17, 15) is 4.79 Å². The van der Waals surface area contributed by atoms with E-state index in [2.05, 4.69) is 15.6 Å². The Morgan fingerprint density at radius 3 is 2.72 bits per heavy atom. The van der Waals surface area contributed by atoms with Crippen molar-refractivity contribution in [2.45, 2.75) is 38.6 Å². The highest BCUT2D eigenvalue weighted by Gasteiger charge is 2.35. The number of rotatable bonds is 5. The van der Waals surface area contributed by atoms with Gasteiger partial charge < -0.3 is 11.1 Å². The Labute approximate surface area is 154 Å². The van der Waals surface area contributed by atoms with Gasteiger partial charge in [0.15, 0.2) is 0 Å². The molecule has 1 aromatic carbocycles. The molecule has 1 heterocycles. The van der Waals surface area contributed by atoms with Crippen molar-refractivity contribution in [1.29, 1.82) is 0 Å². The Balaban J connectivity index is 0.00000225. The molecule has 0 spiro atoms. The van der Waals surface area contributed by atoms with Gasteiger partial charge in [0.25, 0.3) is 0 Å². The summed E-state index contributed by atoms with van der Waals surface area (Å²) in [7, 11) is 0. The summed E-state index contributed by atoms with van der Waals surface area (Å²) in [4.78, 5) is 12.7. The number of para-hydroxylation sites is 1. The maximum Gasteiger partial charge on any atom is 0.224 e. The normalized spacial score (nSPS) is 20.1. The second-order valence-electron chi connectivity index (χ2n) is 7.03. The first-order valence-electron chi connectivity index (χ1n) is 8.51. The molecule has 0 aliphatic heterocycles. The number of nitrogens with two attached hydrogens (primary N) is 1. The lowest BCUT2D eigenvalue weighted by molar-refractivity contribution is -0.127. The van der Waals surface area contributed by atoms with Crippen molar-refractivity contribution < 1.29 is 4.79 Å². The first-order valence-corrected chi connectivity index (χ1v) is 8.51. The average molecular weight is 364 g/mol. The van der Waals surface area contributed by atoms with Crippen molar-refractivity contribution in [1.82, 2.24) is 20.3 Å². The minimum atomic E-state index is -0.578. The van der Waals surface area contributed by atoms with Gasteiger partial charge in [0, 0.05) is 5.92 Å². The number of nitrogens with zero attached hydrogens (tertiary/aromatic N) is 3. The summed E-state index contributed by atoms with van der Waals surface area (Å²) in [5.74, 6) is 0.376. The van der Waals surface area contributed by atoms with Gasteiger partial charge in [0.1, 0.15) is 5.69 Å². The lowest BCUT2D eigenvalue weighted by Crippen LogP contribution is -2.45. The van der Waals surface area contributed by atoms with Crippen LogP contribution in [0.15, 0.2) is 36.5 Å². The molecular weight excluding hydrogens is 338 g/mol. The molecule has 0 radical (unpaired) electrons. The summed E-state index contributed by atoms with van der Waals surface area (Å²) in [6.07, 6.45) is 4.90. The number of nitrogens with one attached hydrogen (secondary N) is 1. The fraction of sp³-hybridized carbons (Fsp3) is 0.500. The number of hydrogen-bond donors (Lipinski definition) is 2. The van der Waals surface area contributed by atoms with Crippen LogP contribution in [0.3, 0.4) is 0 Å². The van der Waals surface area contributed by atoms with Gasteiger partial charge in [-0.25, -0.2) is 4.68 Å². The zero-order valence-electron chi connectivity index (χ0n) is 14.7. The van der Waals surface area contributed by atoms with Crippen LogP contribution in [0.5, 0.6) is 0 Å². The van der Waals surface area contributed by atoms with Crippen molar-refractivity contribution in [2.24, 2.45) is 17.6 Å². The van der Waals surface area contributed by atoms with Gasteiger partial charge in [-0.3, -0.25) is 4.79 Å². The monoisotopic (exact) mass is 363 g/mol. The molecule has 3 rings (SSSR count). The summed E-state index contributed by atoms with van der Waals surface area (Å²) < 4.78 is 1.72. The molecule has 0 saturated heterocycles. The molecule has 25 heavy (non-hydrogen) atoms. The fourth-order valence-electron chi connectivity index (χ4n) is 3.39. The van der Waals surface area contributed by atoms with Crippen LogP contribution in [0.4, 0.5) is 0 Å². The topological polar surface area (TPSA) is 85.8 Å². The highest BCUT2D eigenvalue weighted by Crippen LogP contribution is 2.32. The SMILES string of the molecule is CC(C)(NC(=O)[C@@H]1CCC[C@@H]1CN)c1cn(-c2ccccc2)nn1.Cl. The van der Waals surface area contributed by atoms with Crippen molar-refractivity contribution in [3.63, 3.8) is 0 Å². The van der Waals surface area contributed by atoms with Gasteiger partial charge >= 0.3 is 0 Å². The minimum Gasteiger partial charge on any atom is -0.345 e. The van der Waals surface area contributed by atoms with E-state index in [0.717, 1.165) is 30.6 Å². The van der Waals surface area contributed by atoms with Crippen LogP contribution in [-0.2, 0) is 10.3 Å². The lowest BCUT2D eigenvalue weighted by Gasteiger charge is -2.27. The van der Waals surface area contributed by atoms with Crippen molar-refractivity contribution in [2.75, 3.05) is 6.54 Å². The van der Waals surface area contributed by atoms with Crippen LogP contribution >= 0.6 is 12.4 Å². The number of carbonyl (C=O) groups is 1. The van der Waals surface area contributed by atoms with Crippen LogP contribution in [0.25, 0.3) is 5.69 Å². The standard InChI is InChI=1S/C18H25N5O.ClH/c1-18(2,20-17(24)15-10-6-7-13(15)11-19)16-12-23(22-21-16)14-8-4-3-5-9-14;/h3-5,8-9,12-13,15H,6-7,10-11,19H2,1-2H3,(H,20,24);1H/t13-,15-;/m1./s1. The van der Waals surface area contributed by atoms with E-state index < -0.39 is 5.54 Å². The van der Waals surface area contributed by atoms with Crippen LogP contribution in [0.1, 0.15) is 38.8 Å². The Kier molecular flexibility index (Phi) is 6.19. The number of benzene rings is 1. The quantitative estimate of drug-likeness (QED) is 0.854. The van der Waals surface area contributed by atoms with Crippen molar-refractivity contribution in [3.05, 3.63) is 42.2 Å². The summed E-state index contributed by atoms with van der Waals surface area (Å²) in [5, 5.41) is 11.6. The molecule has 136 valence electrons. The zero-order chi connectivity index (χ0) is 17.2. The minimum absolute atomic E-state index is 0. The van der Waals surface area contributed by atoms with E-state index in [1.165, 1.54) is 0 Å². The van der Waals surface area contributed by atoms with E-state index >= 15 is 0 Å². The maximum absolute atomic E-state index is 12.7. The van der Waals surface area contributed by atoms with Crippen molar-refractivity contribution in [3.8, 4) is 5.69 Å². The van der Waals surface area contributed by atoms with Gasteiger partial charge in [0.05, 0.1) is 17.4 Å². The summed E-state index contributed by atoms with van der Waals surface area (Å²) in [5.41, 5.74) is 6.90. The summed E-state index contributed by atoms with van der Waals surface area (Å²) in [6.45, 7) is 4.48. The highest BCUT2D eigenvalue weighted by molar-refractivity contribution is 5.85. The lowest BCUT2D eigenvalue weighted by atomic mass is 9.93. The van der Waals surface area contributed by atoms with E-state index in [-0.39, 0.29) is 24.2 Å². The predicted octanol–water partition coefficient (Wildman–Crippen LogP) is 2.42. The second kappa shape index (κ2) is 7.97. The third kappa shape index (κ3) is 4.19. The first kappa shape index (κ1) is 19.4. The number of hydrogen-bond acceptors (Lipinski definition) is 4. The van der Waals surface area contributed by atoms with Crippen LogP contribution in [0.2, 0.25) is 0 Å². The summed E-state index contributed by atoms with van der Waals surface area (Å²) >= 11 is 0. The first-order chi connectivity index (χ1) is 11.5. The molecule has 3 N–H and O–H groups in total. The molecule has 1 aromatic heterocycles. The molecular formula is C18H26ClN5O. The highest BCUT2D eigenvalue weighted by atomic mass is 35.5. The van der Waals surface area contributed by atoms with E-state index in [1.54, 1.807) is 4.68 Å². The van der Waals surface area contributed by atoms with E-state index in [0.29, 0.717) is 12.5 Å². The molecule has 1 aliphatic rings. The Bertz CT molecular complexity index is 701. The largest absolute Gasteiger partial charge is 0.345 e. The molecule has 2 aromatic rings. The molecule has 2 atom stereocenters. The second-order valence-corrected chi connectivity index (χ2v) is 7.03. The third-order valence-electron chi connectivity index (χ3n) is 4.89. The van der Waals surface area contributed by atoms with E-state index in [4.69, 9.17) is 5.73 Å². The maximum atomic E-state index is 12.7. The van der Waals surface area contributed by atoms with Gasteiger partial charge in [-0.1, -0.05) is 29.8 Å². The number of aromatic nitrogens is 3. The smallest absolute Gasteiger partial charge is 0.224 e. The Morgan fingerprint density at radius 1 is 1.32 bits per heavy atom. The van der Waals surface area contributed by atoms with Gasteiger partial charge in [-0.15, -0.1) is 17.5 Å². The average Bonchev–Trinajstić information content (AvgIpc) is 3.24. The number of amides is 1. The van der Waals surface area contributed by atoms with Gasteiger partial charge in [-0.2, -0.15) is 0 Å². The number of halogens is 1. The van der Waals surface area contributed by atoms with Crippen LogP contribution < -0.4 is 11.1 Å². The van der Waals surface area contributed by atoms with Crippen LogP contribution in [0, 0.1) is 11.8 Å². The third-order valence-corrected chi connectivity index (χ3v) is 4.89. The molecule has 1 aliphatic carbocycles. The predicted molar refractivity (Wildman–Crippen MR) is 99.7 cm³/mol. The van der Waals surface area contributed by atoms with Gasteiger partial charge in [-0.05, 0) is 51.3 Å². The molecule has 0 unspecified atom stereocenters. The molecule has 7 heteroatoms. The molecule has 6 nitrogen and oxygen atoms in total. The van der Waals surface area contributed by atoms with Crippen molar-refractivity contribution >= 4 is 18.3 Å². The molecule has 0 bridgehead atoms. The Morgan fingerprint density at radius 2 is 2.04 bits per heavy atom. The van der Waals surface area contributed by atoms with E-state index in [1.807, 2.05) is 50.4 Å².